The highest BCUT2D eigenvalue weighted by Crippen LogP contribution is 2.24. The van der Waals surface area contributed by atoms with Crippen molar-refractivity contribution in [3.05, 3.63) is 40.0 Å². The van der Waals surface area contributed by atoms with Gasteiger partial charge in [-0.2, -0.15) is 0 Å². The van der Waals surface area contributed by atoms with Gasteiger partial charge in [0.05, 0.1) is 0 Å². The summed E-state index contributed by atoms with van der Waals surface area (Å²) in [6.45, 7) is 0. The van der Waals surface area contributed by atoms with Crippen molar-refractivity contribution < 1.29 is 0 Å². The van der Waals surface area contributed by atoms with E-state index in [1.807, 2.05) is 7.05 Å². The van der Waals surface area contributed by atoms with Crippen molar-refractivity contribution in [3.8, 4) is 0 Å². The Bertz CT molecular complexity index is 437. The van der Waals surface area contributed by atoms with Crippen LogP contribution in [0.1, 0.15) is 0 Å². The summed E-state index contributed by atoms with van der Waals surface area (Å²) >= 11 is 2.37. The third-order valence-corrected chi connectivity index (χ3v) is 2.99. The zero-order valence-corrected chi connectivity index (χ0v) is 9.50. The molecule has 0 aromatic heterocycles. The molecule has 2 aromatic rings. The molecule has 0 bridgehead atoms. The molecule has 0 aliphatic heterocycles. The van der Waals surface area contributed by atoms with Crippen molar-refractivity contribution >= 4 is 39.1 Å². The molecule has 0 saturated heterocycles. The largest absolute Gasteiger partial charge is 0.388 e. The van der Waals surface area contributed by atoms with Gasteiger partial charge in [-0.1, -0.05) is 24.3 Å². The Hall–Kier alpha value is -0.770. The molecule has 2 aromatic carbocycles. The molecule has 0 atom stereocenters. The second kappa shape index (κ2) is 3.54. The molecule has 0 saturated carbocycles. The van der Waals surface area contributed by atoms with Gasteiger partial charge in [0, 0.05) is 16.3 Å². The van der Waals surface area contributed by atoms with E-state index in [9.17, 15) is 0 Å². The van der Waals surface area contributed by atoms with Crippen molar-refractivity contribution in [2.75, 3.05) is 12.4 Å². The van der Waals surface area contributed by atoms with E-state index in [2.05, 4.69) is 64.3 Å². The number of halogens is 1. The lowest BCUT2D eigenvalue weighted by Crippen LogP contribution is -1.88. The van der Waals surface area contributed by atoms with Crippen LogP contribution in [0.4, 0.5) is 5.69 Å². The van der Waals surface area contributed by atoms with Gasteiger partial charge in [0.15, 0.2) is 0 Å². The van der Waals surface area contributed by atoms with Crippen LogP contribution in [-0.4, -0.2) is 7.05 Å². The molecular weight excluding hydrogens is 273 g/mol. The average molecular weight is 283 g/mol. The molecule has 0 aliphatic rings. The number of nitrogens with one attached hydrogen (secondary N) is 1. The lowest BCUT2D eigenvalue weighted by molar-refractivity contribution is 1.52. The van der Waals surface area contributed by atoms with Crippen LogP contribution in [0.3, 0.4) is 0 Å². The number of fused-ring (bicyclic) bond motifs is 1. The molecule has 2 rings (SSSR count). The molecule has 0 radical (unpaired) electrons. The van der Waals surface area contributed by atoms with Gasteiger partial charge in [-0.05, 0) is 45.5 Å². The van der Waals surface area contributed by atoms with Crippen LogP contribution in [-0.2, 0) is 0 Å². The highest BCUT2D eigenvalue weighted by Gasteiger charge is 1.99. The van der Waals surface area contributed by atoms with E-state index in [4.69, 9.17) is 0 Å². The second-order valence-electron chi connectivity index (χ2n) is 2.93. The number of rotatable bonds is 1. The molecular formula is C11H10IN. The van der Waals surface area contributed by atoms with E-state index in [0.717, 1.165) is 0 Å². The first-order chi connectivity index (χ1) is 6.31. The topological polar surface area (TPSA) is 12.0 Å². The Morgan fingerprint density at radius 3 is 2.69 bits per heavy atom. The van der Waals surface area contributed by atoms with E-state index in [-0.39, 0.29) is 0 Å². The molecule has 0 unspecified atom stereocenters. The van der Waals surface area contributed by atoms with Gasteiger partial charge in [-0.25, -0.2) is 0 Å². The van der Waals surface area contributed by atoms with Gasteiger partial charge < -0.3 is 5.32 Å². The Labute approximate surface area is 91.3 Å². The van der Waals surface area contributed by atoms with Crippen LogP contribution in [0.25, 0.3) is 10.8 Å². The first kappa shape index (κ1) is 8.81. The SMILES string of the molecule is CNc1cc(I)c2ccccc2c1. The maximum absolute atomic E-state index is 3.16. The Morgan fingerprint density at radius 2 is 1.92 bits per heavy atom. The Balaban J connectivity index is 2.77. The quantitative estimate of drug-likeness (QED) is 0.790. The van der Waals surface area contributed by atoms with Gasteiger partial charge in [0.25, 0.3) is 0 Å². The minimum Gasteiger partial charge on any atom is -0.388 e. The molecule has 0 spiro atoms. The lowest BCUT2D eigenvalue weighted by Gasteiger charge is -2.04. The molecule has 0 heterocycles. The van der Waals surface area contributed by atoms with Crippen molar-refractivity contribution in [2.24, 2.45) is 0 Å². The van der Waals surface area contributed by atoms with Gasteiger partial charge in [0.1, 0.15) is 0 Å². The van der Waals surface area contributed by atoms with Crippen LogP contribution in [0.15, 0.2) is 36.4 Å². The average Bonchev–Trinajstić information content (AvgIpc) is 2.18. The van der Waals surface area contributed by atoms with E-state index >= 15 is 0 Å². The van der Waals surface area contributed by atoms with Crippen LogP contribution in [0.5, 0.6) is 0 Å². The number of hydrogen-bond donors (Lipinski definition) is 1. The zero-order valence-electron chi connectivity index (χ0n) is 7.34. The smallest absolute Gasteiger partial charge is 0.0354 e. The summed E-state index contributed by atoms with van der Waals surface area (Å²) in [5.74, 6) is 0. The molecule has 0 fully saturated rings. The molecule has 13 heavy (non-hydrogen) atoms. The standard InChI is InChI=1S/C11H10IN/c1-13-9-6-8-4-2-3-5-10(8)11(12)7-9/h2-7,13H,1H3. The van der Waals surface area contributed by atoms with Crippen molar-refractivity contribution in [2.45, 2.75) is 0 Å². The summed E-state index contributed by atoms with van der Waals surface area (Å²) in [4.78, 5) is 0. The number of hydrogen-bond acceptors (Lipinski definition) is 1. The third-order valence-electron chi connectivity index (χ3n) is 2.10. The first-order valence-electron chi connectivity index (χ1n) is 4.17. The summed E-state index contributed by atoms with van der Waals surface area (Å²) in [5.41, 5.74) is 1.17. The predicted octanol–water partition coefficient (Wildman–Crippen LogP) is 3.49. The Kier molecular flexibility index (Phi) is 2.40. The summed E-state index contributed by atoms with van der Waals surface area (Å²) in [6, 6.07) is 12.7. The first-order valence-corrected chi connectivity index (χ1v) is 5.25. The van der Waals surface area contributed by atoms with Crippen molar-refractivity contribution in [1.29, 1.82) is 0 Å². The summed E-state index contributed by atoms with van der Waals surface area (Å²) in [7, 11) is 1.94. The van der Waals surface area contributed by atoms with Crippen LogP contribution < -0.4 is 5.32 Å². The monoisotopic (exact) mass is 283 g/mol. The predicted molar refractivity (Wildman–Crippen MR) is 66.2 cm³/mol. The fourth-order valence-electron chi connectivity index (χ4n) is 1.41. The number of benzene rings is 2. The fraction of sp³-hybridized carbons (Fsp3) is 0.0909. The maximum atomic E-state index is 3.16. The molecule has 66 valence electrons. The summed E-state index contributed by atoms with van der Waals surface area (Å²) in [6.07, 6.45) is 0. The minimum absolute atomic E-state index is 1.17. The van der Waals surface area contributed by atoms with E-state index in [1.165, 1.54) is 20.0 Å². The lowest BCUT2D eigenvalue weighted by atomic mass is 10.1. The normalized spacial score (nSPS) is 10.3. The van der Waals surface area contributed by atoms with Gasteiger partial charge >= 0.3 is 0 Å². The van der Waals surface area contributed by atoms with Gasteiger partial charge in [-0.3, -0.25) is 0 Å². The molecule has 0 amide bonds. The Morgan fingerprint density at radius 1 is 1.15 bits per heavy atom. The van der Waals surface area contributed by atoms with Crippen LogP contribution in [0, 0.1) is 3.57 Å². The summed E-state index contributed by atoms with van der Waals surface area (Å²) < 4.78 is 1.29. The second-order valence-corrected chi connectivity index (χ2v) is 4.09. The van der Waals surface area contributed by atoms with Crippen LogP contribution >= 0.6 is 22.6 Å². The molecule has 2 heteroatoms. The van der Waals surface area contributed by atoms with E-state index in [0.29, 0.717) is 0 Å². The highest BCUT2D eigenvalue weighted by atomic mass is 127. The van der Waals surface area contributed by atoms with Gasteiger partial charge in [0.2, 0.25) is 0 Å². The van der Waals surface area contributed by atoms with Crippen molar-refractivity contribution in [3.63, 3.8) is 0 Å². The van der Waals surface area contributed by atoms with Gasteiger partial charge in [-0.15, -0.1) is 0 Å². The number of anilines is 1. The minimum atomic E-state index is 1.17. The highest BCUT2D eigenvalue weighted by molar-refractivity contribution is 14.1. The fourth-order valence-corrected chi connectivity index (χ4v) is 2.23. The molecule has 1 N–H and O–H groups in total. The summed E-state index contributed by atoms with van der Waals surface area (Å²) in [5, 5.41) is 5.77. The molecule has 1 nitrogen and oxygen atoms in total. The van der Waals surface area contributed by atoms with E-state index < -0.39 is 0 Å². The van der Waals surface area contributed by atoms with E-state index in [1.54, 1.807) is 0 Å². The van der Waals surface area contributed by atoms with Crippen molar-refractivity contribution in [1.82, 2.24) is 0 Å². The van der Waals surface area contributed by atoms with Crippen LogP contribution in [0.2, 0.25) is 0 Å². The molecule has 0 aliphatic carbocycles. The third kappa shape index (κ3) is 1.63. The zero-order chi connectivity index (χ0) is 9.26. The maximum Gasteiger partial charge on any atom is 0.0354 e.